The Bertz CT molecular complexity index is 1300. The van der Waals surface area contributed by atoms with Gasteiger partial charge in [0.2, 0.25) is 16.0 Å². The van der Waals surface area contributed by atoms with Crippen LogP contribution >= 0.6 is 0 Å². The predicted octanol–water partition coefficient (Wildman–Crippen LogP) is 2.61. The Kier molecular flexibility index (Phi) is 6.47. The van der Waals surface area contributed by atoms with Crippen molar-refractivity contribution in [2.75, 3.05) is 58.4 Å². The molecule has 3 heterocycles. The van der Waals surface area contributed by atoms with E-state index in [0.29, 0.717) is 33.9 Å². The van der Waals surface area contributed by atoms with Crippen LogP contribution in [0.4, 0.5) is 31.9 Å². The number of nitrogens with zero attached hydrogens (tertiary/aromatic N) is 4. The Balaban J connectivity index is 1.40. The van der Waals surface area contributed by atoms with Crippen molar-refractivity contribution < 1.29 is 27.1 Å². The van der Waals surface area contributed by atoms with Gasteiger partial charge in [0.15, 0.2) is 0 Å². The standard InChI is InChI=1S/C24H30F2N6O4S/c1-16-12-20(32-14-24(25,26)15-32)28-22(27-16)29-21(34)18-3-2-17(30-37(35,36)11-10-33)13-19(18)31-8-6-23(4-5-23)7-9-31/h2-3,12-13,30,33H,4-11,14-15H2,1H3,(H,27,28,29,34). The average Bonchev–Trinajstić information content (AvgIpc) is 3.55. The molecule has 2 aromatic rings. The summed E-state index contributed by atoms with van der Waals surface area (Å²) in [7, 11) is -3.74. The summed E-state index contributed by atoms with van der Waals surface area (Å²) in [6.45, 7) is 1.78. The van der Waals surface area contributed by atoms with Gasteiger partial charge in [0, 0.05) is 24.8 Å². The van der Waals surface area contributed by atoms with Crippen molar-refractivity contribution in [1.82, 2.24) is 9.97 Å². The van der Waals surface area contributed by atoms with Gasteiger partial charge in [-0.2, -0.15) is 4.98 Å². The number of aliphatic hydroxyl groups excluding tert-OH is 1. The van der Waals surface area contributed by atoms with Gasteiger partial charge in [-0.25, -0.2) is 22.2 Å². The van der Waals surface area contributed by atoms with Gasteiger partial charge in [-0.15, -0.1) is 0 Å². The van der Waals surface area contributed by atoms with Gasteiger partial charge in [0.1, 0.15) is 5.82 Å². The zero-order valence-corrected chi connectivity index (χ0v) is 21.3. The van der Waals surface area contributed by atoms with Gasteiger partial charge in [0.25, 0.3) is 11.8 Å². The fourth-order valence-electron chi connectivity index (χ4n) is 4.91. The highest BCUT2D eigenvalue weighted by Crippen LogP contribution is 2.54. The van der Waals surface area contributed by atoms with Gasteiger partial charge in [-0.05, 0) is 56.2 Å². The Morgan fingerprint density at radius 1 is 1.08 bits per heavy atom. The normalized spacial score (nSPS) is 19.9. The summed E-state index contributed by atoms with van der Waals surface area (Å²) in [5.41, 5.74) is 2.11. The molecule has 10 nitrogen and oxygen atoms in total. The number of hydrogen-bond acceptors (Lipinski definition) is 8. The molecule has 1 saturated carbocycles. The van der Waals surface area contributed by atoms with Crippen LogP contribution in [-0.2, 0) is 10.0 Å². The first-order chi connectivity index (χ1) is 17.5. The molecule has 3 fully saturated rings. The number of hydrogen-bond donors (Lipinski definition) is 3. The fraction of sp³-hybridized carbons (Fsp3) is 0.542. The summed E-state index contributed by atoms with van der Waals surface area (Å²) in [6, 6.07) is 6.24. The smallest absolute Gasteiger partial charge is 0.282 e. The second-order valence-corrected chi connectivity index (χ2v) is 12.1. The highest BCUT2D eigenvalue weighted by Gasteiger charge is 2.45. The molecule has 1 aromatic heterocycles. The summed E-state index contributed by atoms with van der Waals surface area (Å²) in [5.74, 6) is -3.37. The summed E-state index contributed by atoms with van der Waals surface area (Å²) in [5, 5.41) is 11.7. The molecular formula is C24H30F2N6O4S. The summed E-state index contributed by atoms with van der Waals surface area (Å²) in [4.78, 5) is 25.4. The molecule has 2 saturated heterocycles. The average molecular weight is 537 g/mol. The van der Waals surface area contributed by atoms with E-state index in [0.717, 1.165) is 25.9 Å². The number of carbonyl (C=O) groups excluding carboxylic acids is 1. The molecule has 2 aliphatic heterocycles. The Hall–Kier alpha value is -3.06. The lowest BCUT2D eigenvalue weighted by Crippen LogP contribution is -2.56. The van der Waals surface area contributed by atoms with Crippen LogP contribution in [0.3, 0.4) is 0 Å². The first-order valence-electron chi connectivity index (χ1n) is 12.3. The van der Waals surface area contributed by atoms with E-state index in [-0.39, 0.29) is 5.95 Å². The van der Waals surface area contributed by atoms with Crippen LogP contribution in [-0.4, -0.2) is 73.9 Å². The lowest BCUT2D eigenvalue weighted by molar-refractivity contribution is -0.0267. The number of amides is 1. The predicted molar refractivity (Wildman–Crippen MR) is 136 cm³/mol. The monoisotopic (exact) mass is 536 g/mol. The molecule has 1 aromatic carbocycles. The van der Waals surface area contributed by atoms with E-state index in [2.05, 4.69) is 24.9 Å². The number of alkyl halides is 2. The number of piperidine rings is 1. The number of rotatable bonds is 8. The molecule has 0 atom stereocenters. The summed E-state index contributed by atoms with van der Waals surface area (Å²) >= 11 is 0. The third-order valence-corrected chi connectivity index (χ3v) is 8.50. The van der Waals surface area contributed by atoms with Crippen molar-refractivity contribution in [3.05, 3.63) is 35.5 Å². The lowest BCUT2D eigenvalue weighted by Gasteiger charge is -2.39. The van der Waals surface area contributed by atoms with Crippen LogP contribution in [0.25, 0.3) is 0 Å². The highest BCUT2D eigenvalue weighted by molar-refractivity contribution is 7.92. The number of nitrogens with one attached hydrogen (secondary N) is 2. The number of aliphatic hydroxyl groups is 1. The fourth-order valence-corrected chi connectivity index (χ4v) is 5.74. The molecule has 200 valence electrons. The van der Waals surface area contributed by atoms with Crippen LogP contribution in [0.5, 0.6) is 0 Å². The highest BCUT2D eigenvalue weighted by atomic mass is 32.2. The maximum atomic E-state index is 13.4. The van der Waals surface area contributed by atoms with Crippen LogP contribution < -0.4 is 19.8 Å². The topological polar surface area (TPSA) is 128 Å². The van der Waals surface area contributed by atoms with E-state index in [1.165, 1.54) is 29.9 Å². The number of aryl methyl sites for hydroxylation is 1. The third-order valence-electron chi connectivity index (χ3n) is 7.23. The van der Waals surface area contributed by atoms with Crippen molar-refractivity contribution in [3.63, 3.8) is 0 Å². The van der Waals surface area contributed by atoms with Gasteiger partial charge in [-0.1, -0.05) is 0 Å². The Labute approximate surface area is 214 Å². The van der Waals surface area contributed by atoms with E-state index in [1.807, 2.05) is 0 Å². The molecule has 3 aliphatic rings. The number of aromatic nitrogens is 2. The summed E-state index contributed by atoms with van der Waals surface area (Å²) in [6.07, 6.45) is 4.43. The molecule has 13 heteroatoms. The summed E-state index contributed by atoms with van der Waals surface area (Å²) < 4.78 is 53.5. The van der Waals surface area contributed by atoms with Gasteiger partial charge in [0.05, 0.1) is 42.4 Å². The molecule has 0 radical (unpaired) electrons. The third kappa shape index (κ3) is 5.77. The van der Waals surface area contributed by atoms with Crippen molar-refractivity contribution in [2.24, 2.45) is 5.41 Å². The van der Waals surface area contributed by atoms with Gasteiger partial charge < -0.3 is 14.9 Å². The second kappa shape index (κ2) is 9.35. The molecule has 0 bridgehead atoms. The van der Waals surface area contributed by atoms with Crippen LogP contribution in [0.1, 0.15) is 41.7 Å². The molecule has 0 unspecified atom stereocenters. The first-order valence-corrected chi connectivity index (χ1v) is 13.9. The van der Waals surface area contributed by atoms with Crippen molar-refractivity contribution in [2.45, 2.75) is 38.5 Å². The van der Waals surface area contributed by atoms with Crippen LogP contribution in [0.2, 0.25) is 0 Å². The number of benzene rings is 1. The molecule has 1 aliphatic carbocycles. The lowest BCUT2D eigenvalue weighted by atomic mass is 9.93. The minimum Gasteiger partial charge on any atom is -0.395 e. The Morgan fingerprint density at radius 3 is 2.41 bits per heavy atom. The molecule has 5 rings (SSSR count). The number of carbonyl (C=O) groups is 1. The largest absolute Gasteiger partial charge is 0.395 e. The van der Waals surface area contributed by atoms with E-state index in [9.17, 15) is 22.0 Å². The van der Waals surface area contributed by atoms with Gasteiger partial charge in [-0.3, -0.25) is 14.8 Å². The first kappa shape index (κ1) is 25.6. The Morgan fingerprint density at radius 2 is 1.78 bits per heavy atom. The SMILES string of the molecule is Cc1cc(N2CC(F)(F)C2)nc(NC(=O)c2ccc(NS(=O)(=O)CCO)cc2N2CCC3(CC2)CC3)n1. The van der Waals surface area contributed by atoms with Crippen LogP contribution in [0.15, 0.2) is 24.3 Å². The molecule has 37 heavy (non-hydrogen) atoms. The number of sulfonamides is 1. The minimum atomic E-state index is -3.74. The maximum absolute atomic E-state index is 13.4. The number of halogens is 2. The second-order valence-electron chi connectivity index (χ2n) is 10.2. The van der Waals surface area contributed by atoms with Crippen molar-refractivity contribution in [1.29, 1.82) is 0 Å². The zero-order valence-electron chi connectivity index (χ0n) is 20.5. The molecule has 3 N–H and O–H groups in total. The van der Waals surface area contributed by atoms with Crippen molar-refractivity contribution >= 4 is 39.1 Å². The van der Waals surface area contributed by atoms with E-state index in [1.54, 1.807) is 19.1 Å². The molecule has 1 spiro atoms. The zero-order chi connectivity index (χ0) is 26.4. The minimum absolute atomic E-state index is 0.00414. The van der Waals surface area contributed by atoms with E-state index >= 15 is 0 Å². The number of anilines is 4. The van der Waals surface area contributed by atoms with E-state index < -0.39 is 47.3 Å². The van der Waals surface area contributed by atoms with Gasteiger partial charge >= 0.3 is 0 Å². The van der Waals surface area contributed by atoms with Crippen LogP contribution in [0, 0.1) is 12.3 Å². The molecule has 1 amide bonds. The quantitative estimate of drug-likeness (QED) is 0.470. The maximum Gasteiger partial charge on any atom is 0.282 e. The van der Waals surface area contributed by atoms with Crippen molar-refractivity contribution in [3.8, 4) is 0 Å². The van der Waals surface area contributed by atoms with E-state index in [4.69, 9.17) is 5.11 Å². The molecular weight excluding hydrogens is 506 g/mol.